The molecule has 0 aromatic carbocycles. The van der Waals surface area contributed by atoms with Gasteiger partial charge in [-0.1, -0.05) is 22.9 Å². The number of halogens is 1. The Morgan fingerprint density at radius 2 is 2.21 bits per heavy atom. The van der Waals surface area contributed by atoms with Crippen LogP contribution in [0, 0.1) is 6.92 Å². The molecule has 0 N–H and O–H groups in total. The molecule has 0 spiro atoms. The van der Waals surface area contributed by atoms with Crippen LogP contribution in [0.5, 0.6) is 0 Å². The van der Waals surface area contributed by atoms with Gasteiger partial charge in [0, 0.05) is 0 Å². The Morgan fingerprint density at radius 1 is 1.50 bits per heavy atom. The SMILES string of the molecule is Cc1nc(N2CC(=O)CC2=O)sc1Cl. The summed E-state index contributed by atoms with van der Waals surface area (Å²) in [5, 5.41) is 0.517. The second kappa shape index (κ2) is 3.33. The first-order valence-corrected chi connectivity index (χ1v) is 5.22. The lowest BCUT2D eigenvalue weighted by Crippen LogP contribution is -2.24. The predicted molar refractivity (Wildman–Crippen MR) is 53.8 cm³/mol. The molecule has 1 aliphatic heterocycles. The Bertz CT molecular complexity index is 396. The van der Waals surface area contributed by atoms with Gasteiger partial charge >= 0.3 is 0 Å². The van der Waals surface area contributed by atoms with Crippen LogP contribution in [0.25, 0.3) is 0 Å². The number of anilines is 1. The smallest absolute Gasteiger partial charge is 0.236 e. The Balaban J connectivity index is 2.31. The summed E-state index contributed by atoms with van der Waals surface area (Å²) in [6, 6.07) is 0. The molecule has 6 heteroatoms. The molecule has 4 nitrogen and oxygen atoms in total. The van der Waals surface area contributed by atoms with Crippen LogP contribution in [0.15, 0.2) is 0 Å². The Morgan fingerprint density at radius 3 is 2.64 bits per heavy atom. The second-order valence-electron chi connectivity index (χ2n) is 3.05. The van der Waals surface area contributed by atoms with Gasteiger partial charge in [-0.15, -0.1) is 0 Å². The molecule has 2 rings (SSSR count). The van der Waals surface area contributed by atoms with Crippen LogP contribution in [-0.2, 0) is 9.59 Å². The van der Waals surface area contributed by atoms with Gasteiger partial charge in [0.2, 0.25) is 5.91 Å². The standard InChI is InChI=1S/C8H7ClN2O2S/c1-4-7(9)14-8(10-4)11-3-5(12)2-6(11)13/h2-3H2,1H3. The monoisotopic (exact) mass is 230 g/mol. The van der Waals surface area contributed by atoms with E-state index in [1.807, 2.05) is 0 Å². The molecular weight excluding hydrogens is 224 g/mol. The summed E-state index contributed by atoms with van der Waals surface area (Å²) in [6.07, 6.45) is -0.0176. The van der Waals surface area contributed by atoms with Crippen LogP contribution in [0.1, 0.15) is 12.1 Å². The molecular formula is C8H7ClN2O2S. The zero-order chi connectivity index (χ0) is 10.3. The van der Waals surface area contributed by atoms with E-state index in [1.54, 1.807) is 6.92 Å². The third-order valence-electron chi connectivity index (χ3n) is 1.94. The van der Waals surface area contributed by atoms with Crippen molar-refractivity contribution >= 4 is 39.8 Å². The number of aromatic nitrogens is 1. The summed E-state index contributed by atoms with van der Waals surface area (Å²) in [7, 11) is 0. The second-order valence-corrected chi connectivity index (χ2v) is 4.63. The van der Waals surface area contributed by atoms with Gasteiger partial charge in [0.15, 0.2) is 10.9 Å². The largest absolute Gasteiger partial charge is 0.297 e. The first-order valence-electron chi connectivity index (χ1n) is 4.03. The minimum absolute atomic E-state index is 0.0176. The topological polar surface area (TPSA) is 50.3 Å². The number of thiazole rings is 1. The molecule has 0 bridgehead atoms. The molecule has 1 fully saturated rings. The van der Waals surface area contributed by atoms with E-state index in [-0.39, 0.29) is 24.7 Å². The number of rotatable bonds is 1. The van der Waals surface area contributed by atoms with Crippen LogP contribution in [0.3, 0.4) is 0 Å². The van der Waals surface area contributed by atoms with Crippen molar-refractivity contribution in [3.05, 3.63) is 10.0 Å². The van der Waals surface area contributed by atoms with Crippen molar-refractivity contribution in [3.8, 4) is 0 Å². The highest BCUT2D eigenvalue weighted by molar-refractivity contribution is 7.19. The normalized spacial score (nSPS) is 16.9. The van der Waals surface area contributed by atoms with Crippen molar-refractivity contribution < 1.29 is 9.59 Å². The van der Waals surface area contributed by atoms with Gasteiger partial charge in [0.1, 0.15) is 4.34 Å². The summed E-state index contributed by atoms with van der Waals surface area (Å²) >= 11 is 7.05. The van der Waals surface area contributed by atoms with Crippen LogP contribution >= 0.6 is 22.9 Å². The Labute approximate surface area is 89.5 Å². The van der Waals surface area contributed by atoms with Crippen molar-refractivity contribution in [2.24, 2.45) is 0 Å². The maximum absolute atomic E-state index is 11.3. The van der Waals surface area contributed by atoms with Crippen LogP contribution in [0.4, 0.5) is 5.13 Å². The third kappa shape index (κ3) is 1.53. The fourth-order valence-electron chi connectivity index (χ4n) is 1.24. The number of carbonyl (C=O) groups excluding carboxylic acids is 2. The van der Waals surface area contributed by atoms with E-state index in [1.165, 1.54) is 16.2 Å². The van der Waals surface area contributed by atoms with Crippen molar-refractivity contribution in [2.45, 2.75) is 13.3 Å². The fraction of sp³-hybridized carbons (Fsp3) is 0.375. The fourth-order valence-corrected chi connectivity index (χ4v) is 2.30. The Hall–Kier alpha value is -0.940. The lowest BCUT2D eigenvalue weighted by atomic mass is 10.3. The molecule has 1 saturated heterocycles. The maximum atomic E-state index is 11.3. The van der Waals surface area contributed by atoms with E-state index in [0.717, 1.165) is 0 Å². The number of ketones is 1. The summed E-state index contributed by atoms with van der Waals surface area (Å²) in [5.74, 6) is -0.264. The van der Waals surface area contributed by atoms with Crippen molar-refractivity contribution in [1.82, 2.24) is 4.98 Å². The highest BCUT2D eigenvalue weighted by Gasteiger charge is 2.30. The molecule has 74 valence electrons. The molecule has 0 saturated carbocycles. The van der Waals surface area contributed by atoms with Gasteiger partial charge in [0.25, 0.3) is 0 Å². The minimum atomic E-state index is -0.194. The quantitative estimate of drug-likeness (QED) is 0.686. The molecule has 0 unspecified atom stereocenters. The lowest BCUT2D eigenvalue weighted by molar-refractivity contribution is -0.121. The van der Waals surface area contributed by atoms with Crippen molar-refractivity contribution in [3.63, 3.8) is 0 Å². The first kappa shape index (κ1) is 9.61. The molecule has 1 amide bonds. The zero-order valence-corrected chi connectivity index (χ0v) is 8.98. The third-order valence-corrected chi connectivity index (χ3v) is 3.42. The molecule has 0 radical (unpaired) electrons. The molecule has 2 heterocycles. The predicted octanol–water partition coefficient (Wildman–Crippen LogP) is 1.41. The molecule has 14 heavy (non-hydrogen) atoms. The average Bonchev–Trinajstić information content (AvgIpc) is 2.57. The van der Waals surface area contributed by atoms with E-state index in [4.69, 9.17) is 11.6 Å². The number of hydrogen-bond acceptors (Lipinski definition) is 4. The summed E-state index contributed by atoms with van der Waals surface area (Å²) in [5.41, 5.74) is 0.693. The highest BCUT2D eigenvalue weighted by atomic mass is 35.5. The van der Waals surface area contributed by atoms with Gasteiger partial charge < -0.3 is 0 Å². The summed E-state index contributed by atoms with van der Waals surface area (Å²) in [6.45, 7) is 1.90. The van der Waals surface area contributed by atoms with Gasteiger partial charge in [-0.3, -0.25) is 14.5 Å². The Kier molecular flexibility index (Phi) is 2.28. The summed E-state index contributed by atoms with van der Waals surface area (Å²) in [4.78, 5) is 27.8. The first-order chi connectivity index (χ1) is 6.58. The number of aryl methyl sites for hydroxylation is 1. The zero-order valence-electron chi connectivity index (χ0n) is 7.41. The lowest BCUT2D eigenvalue weighted by Gasteiger charge is -2.08. The average molecular weight is 231 g/mol. The molecule has 0 aliphatic carbocycles. The number of hydrogen-bond donors (Lipinski definition) is 0. The van der Waals surface area contributed by atoms with Crippen LogP contribution < -0.4 is 4.90 Å². The van der Waals surface area contributed by atoms with E-state index < -0.39 is 0 Å². The van der Waals surface area contributed by atoms with E-state index in [0.29, 0.717) is 15.2 Å². The minimum Gasteiger partial charge on any atom is -0.297 e. The maximum Gasteiger partial charge on any atom is 0.236 e. The molecule has 1 aliphatic rings. The summed E-state index contributed by atoms with van der Waals surface area (Å²) < 4.78 is 0.562. The number of carbonyl (C=O) groups is 2. The van der Waals surface area contributed by atoms with Crippen molar-refractivity contribution in [2.75, 3.05) is 11.4 Å². The molecule has 0 atom stereocenters. The van der Waals surface area contributed by atoms with Gasteiger partial charge in [0.05, 0.1) is 18.7 Å². The van der Waals surface area contributed by atoms with Crippen molar-refractivity contribution in [1.29, 1.82) is 0 Å². The van der Waals surface area contributed by atoms with Crippen LogP contribution in [0.2, 0.25) is 4.34 Å². The van der Waals surface area contributed by atoms with E-state index in [9.17, 15) is 9.59 Å². The highest BCUT2D eigenvalue weighted by Crippen LogP contribution is 2.31. The van der Waals surface area contributed by atoms with Gasteiger partial charge in [-0.2, -0.15) is 0 Å². The molecule has 1 aromatic heterocycles. The van der Waals surface area contributed by atoms with E-state index in [2.05, 4.69) is 4.98 Å². The number of nitrogens with zero attached hydrogens (tertiary/aromatic N) is 2. The van der Waals surface area contributed by atoms with Crippen LogP contribution in [-0.4, -0.2) is 23.2 Å². The number of amides is 1. The van der Waals surface area contributed by atoms with E-state index >= 15 is 0 Å². The van der Waals surface area contributed by atoms with Gasteiger partial charge in [-0.25, -0.2) is 4.98 Å². The van der Waals surface area contributed by atoms with Gasteiger partial charge in [-0.05, 0) is 6.92 Å². The number of Topliss-reactive ketones (excluding diaryl/α,β-unsaturated/α-hetero) is 1. The molecule has 1 aromatic rings.